The van der Waals surface area contributed by atoms with Crippen LogP contribution in [0.4, 0.5) is 10.1 Å². The lowest BCUT2D eigenvalue weighted by atomic mass is 10.1. The van der Waals surface area contributed by atoms with E-state index in [1.807, 2.05) is 17.9 Å². The Labute approximate surface area is 200 Å². The number of pyridine rings is 1. The molecule has 1 aromatic carbocycles. The Hall–Kier alpha value is -4.15. The Kier molecular flexibility index (Phi) is 7.14. The minimum atomic E-state index is -0.627. The van der Waals surface area contributed by atoms with Gasteiger partial charge in [-0.3, -0.25) is 14.6 Å². The normalized spacial score (nSPS) is 13.6. The fraction of sp³-hybridized carbons (Fsp3) is 0.333. The highest BCUT2D eigenvalue weighted by atomic mass is 19.1. The number of aryl methyl sites for hydroxylation is 1. The molecule has 0 bridgehead atoms. The lowest BCUT2D eigenvalue weighted by molar-refractivity contribution is -0.133. The summed E-state index contributed by atoms with van der Waals surface area (Å²) in [6.45, 7) is 4.93. The van der Waals surface area contributed by atoms with Crippen LogP contribution in [-0.4, -0.2) is 59.2 Å². The first-order valence-electron chi connectivity index (χ1n) is 11.1. The second kappa shape index (κ2) is 10.4. The summed E-state index contributed by atoms with van der Waals surface area (Å²) in [6.07, 6.45) is 3.00. The zero-order valence-corrected chi connectivity index (χ0v) is 19.5. The molecular weight excluding hydrogens is 457 g/mol. The maximum atomic E-state index is 15.0. The minimum Gasteiger partial charge on any atom is -0.482 e. The highest BCUT2D eigenvalue weighted by Gasteiger charge is 2.24. The monoisotopic (exact) mass is 483 g/mol. The first-order valence-corrected chi connectivity index (χ1v) is 11.1. The molecule has 11 heteroatoms. The van der Waals surface area contributed by atoms with Gasteiger partial charge in [0.05, 0.1) is 23.6 Å². The minimum absolute atomic E-state index is 0.00108. The number of aromatic nitrogens is 2. The molecule has 0 unspecified atom stereocenters. The summed E-state index contributed by atoms with van der Waals surface area (Å²) >= 11 is 0. The number of rotatable bonds is 7. The van der Waals surface area contributed by atoms with Gasteiger partial charge in [0.1, 0.15) is 18.2 Å². The largest absolute Gasteiger partial charge is 0.482 e. The van der Waals surface area contributed by atoms with E-state index in [1.165, 1.54) is 23.9 Å². The molecule has 3 aromatic rings. The number of halogens is 1. The number of nitrogens with one attached hydrogen (secondary N) is 1. The fourth-order valence-corrected chi connectivity index (χ4v) is 3.74. The van der Waals surface area contributed by atoms with Gasteiger partial charge in [0.25, 0.3) is 5.91 Å². The van der Waals surface area contributed by atoms with Gasteiger partial charge in [0, 0.05) is 38.8 Å². The number of carbonyl (C=O) groups is 2. The Balaban J connectivity index is 1.34. The first kappa shape index (κ1) is 24.0. The summed E-state index contributed by atoms with van der Waals surface area (Å²) in [5.74, 6) is -0.358. The number of amides is 2. The van der Waals surface area contributed by atoms with Crippen LogP contribution in [0.2, 0.25) is 0 Å². The van der Waals surface area contributed by atoms with Gasteiger partial charge in [-0.2, -0.15) is 4.74 Å². The number of ether oxygens (including phenoxy) is 1. The quantitative estimate of drug-likeness (QED) is 0.545. The van der Waals surface area contributed by atoms with Crippen LogP contribution in [0.5, 0.6) is 5.75 Å². The SMILES string of the molecule is CC(=O)NCn1cc(-c2ccc(N3CCN(C(=O)COc4ccc(C)nc4)CC3)c(F)c2)c(=O)o1. The highest BCUT2D eigenvalue weighted by Crippen LogP contribution is 2.26. The molecule has 0 saturated carbocycles. The van der Waals surface area contributed by atoms with Gasteiger partial charge < -0.3 is 24.4 Å². The summed E-state index contributed by atoms with van der Waals surface area (Å²) in [6, 6.07) is 8.12. The van der Waals surface area contributed by atoms with E-state index in [9.17, 15) is 18.8 Å². The number of nitrogens with zero attached hydrogens (tertiary/aromatic N) is 4. The second-order valence-corrected chi connectivity index (χ2v) is 8.19. The van der Waals surface area contributed by atoms with Crippen LogP contribution in [0.1, 0.15) is 12.6 Å². The predicted octanol–water partition coefficient (Wildman–Crippen LogP) is 1.77. The third kappa shape index (κ3) is 5.86. The maximum Gasteiger partial charge on any atom is 0.365 e. The van der Waals surface area contributed by atoms with E-state index < -0.39 is 11.4 Å². The van der Waals surface area contributed by atoms with Gasteiger partial charge in [-0.15, -0.1) is 0 Å². The van der Waals surface area contributed by atoms with Gasteiger partial charge in [0.15, 0.2) is 6.61 Å². The van der Waals surface area contributed by atoms with Gasteiger partial charge >= 0.3 is 5.63 Å². The van der Waals surface area contributed by atoms with Crippen LogP contribution >= 0.6 is 0 Å². The topological polar surface area (TPSA) is 110 Å². The lowest BCUT2D eigenvalue weighted by Gasteiger charge is -2.36. The molecule has 10 nitrogen and oxygen atoms in total. The average Bonchev–Trinajstić information content (AvgIpc) is 3.22. The van der Waals surface area contributed by atoms with Crippen molar-refractivity contribution in [2.24, 2.45) is 0 Å². The number of piperazine rings is 1. The van der Waals surface area contributed by atoms with Crippen LogP contribution in [0.3, 0.4) is 0 Å². The Morgan fingerprint density at radius 1 is 1.17 bits per heavy atom. The molecule has 1 N–H and O–H groups in total. The molecule has 0 radical (unpaired) electrons. The molecule has 2 aromatic heterocycles. The molecule has 1 fully saturated rings. The van der Waals surface area contributed by atoms with E-state index >= 15 is 0 Å². The van der Waals surface area contributed by atoms with Crippen molar-refractivity contribution in [3.05, 3.63) is 64.7 Å². The maximum absolute atomic E-state index is 15.0. The molecule has 1 aliphatic heterocycles. The van der Waals surface area contributed by atoms with E-state index in [0.717, 1.165) is 5.69 Å². The Morgan fingerprint density at radius 2 is 1.94 bits per heavy atom. The number of carbonyl (C=O) groups excluding carboxylic acids is 2. The van der Waals surface area contributed by atoms with E-state index in [4.69, 9.17) is 9.26 Å². The van der Waals surface area contributed by atoms with Crippen molar-refractivity contribution in [2.75, 3.05) is 37.7 Å². The number of anilines is 1. The van der Waals surface area contributed by atoms with Crippen molar-refractivity contribution in [2.45, 2.75) is 20.5 Å². The van der Waals surface area contributed by atoms with Crippen LogP contribution in [0, 0.1) is 12.7 Å². The van der Waals surface area contributed by atoms with Gasteiger partial charge in [-0.25, -0.2) is 9.18 Å². The molecule has 0 spiro atoms. The highest BCUT2D eigenvalue weighted by molar-refractivity contribution is 5.78. The van der Waals surface area contributed by atoms with Crippen LogP contribution in [0.25, 0.3) is 11.1 Å². The van der Waals surface area contributed by atoms with Crippen molar-refractivity contribution in [3.63, 3.8) is 0 Å². The number of benzene rings is 1. The average molecular weight is 484 g/mol. The van der Waals surface area contributed by atoms with E-state index in [2.05, 4.69) is 10.3 Å². The van der Waals surface area contributed by atoms with Crippen LogP contribution < -0.4 is 20.6 Å². The fourth-order valence-electron chi connectivity index (χ4n) is 3.74. The molecule has 0 aliphatic carbocycles. The molecule has 1 aliphatic rings. The molecule has 184 valence electrons. The standard InChI is InChI=1S/C24H26FN5O5/c1-16-3-5-19(12-26-16)34-14-23(32)29-9-7-28(8-10-29)22-6-4-18(11-21(22)25)20-13-30(35-24(20)33)15-27-17(2)31/h3-6,11-13H,7-10,14-15H2,1-2H3,(H,27,31). The third-order valence-electron chi connectivity index (χ3n) is 5.66. The molecule has 4 rings (SSSR count). The van der Waals surface area contributed by atoms with E-state index in [1.54, 1.807) is 29.3 Å². The molecular formula is C24H26FN5O5. The van der Waals surface area contributed by atoms with Crippen LogP contribution in [0.15, 0.2) is 52.0 Å². The number of hydrogen-bond donors (Lipinski definition) is 1. The molecule has 2 amide bonds. The molecule has 0 atom stereocenters. The second-order valence-electron chi connectivity index (χ2n) is 8.19. The van der Waals surface area contributed by atoms with Gasteiger partial charge in [-0.1, -0.05) is 6.07 Å². The first-order chi connectivity index (χ1) is 16.8. The summed E-state index contributed by atoms with van der Waals surface area (Å²) in [4.78, 5) is 43.4. The van der Waals surface area contributed by atoms with Crippen molar-refractivity contribution >= 4 is 17.5 Å². The van der Waals surface area contributed by atoms with Crippen molar-refractivity contribution in [1.29, 1.82) is 0 Å². The third-order valence-corrected chi connectivity index (χ3v) is 5.66. The summed E-state index contributed by atoms with van der Waals surface area (Å²) < 4.78 is 26.7. The predicted molar refractivity (Wildman–Crippen MR) is 125 cm³/mol. The van der Waals surface area contributed by atoms with Crippen molar-refractivity contribution < 1.29 is 23.2 Å². The molecule has 35 heavy (non-hydrogen) atoms. The van der Waals surface area contributed by atoms with Crippen LogP contribution in [-0.2, 0) is 16.3 Å². The Bertz CT molecular complexity index is 1260. The van der Waals surface area contributed by atoms with Gasteiger partial charge in [-0.05, 0) is 36.8 Å². The van der Waals surface area contributed by atoms with Gasteiger partial charge in [0.2, 0.25) is 5.91 Å². The number of hydrogen-bond acceptors (Lipinski definition) is 7. The zero-order valence-electron chi connectivity index (χ0n) is 19.5. The Morgan fingerprint density at radius 3 is 2.60 bits per heavy atom. The lowest BCUT2D eigenvalue weighted by Crippen LogP contribution is -2.50. The van der Waals surface area contributed by atoms with E-state index in [0.29, 0.717) is 43.2 Å². The zero-order chi connectivity index (χ0) is 24.9. The summed E-state index contributed by atoms with van der Waals surface area (Å²) in [7, 11) is 0. The molecule has 3 heterocycles. The molecule has 1 saturated heterocycles. The summed E-state index contributed by atoms with van der Waals surface area (Å²) in [5, 5.41) is 2.52. The smallest absolute Gasteiger partial charge is 0.365 e. The summed E-state index contributed by atoms with van der Waals surface area (Å²) in [5.41, 5.74) is 1.20. The van der Waals surface area contributed by atoms with Crippen molar-refractivity contribution in [3.8, 4) is 16.9 Å². The van der Waals surface area contributed by atoms with Crippen molar-refractivity contribution in [1.82, 2.24) is 19.9 Å². The van der Waals surface area contributed by atoms with E-state index in [-0.39, 0.29) is 30.7 Å².